The topological polar surface area (TPSA) is 52.6 Å². The van der Waals surface area contributed by atoms with Crippen molar-refractivity contribution in [3.8, 4) is 0 Å². The highest BCUT2D eigenvalue weighted by Gasteiger charge is 2.17. The van der Waals surface area contributed by atoms with E-state index in [9.17, 15) is 0 Å². The Morgan fingerprint density at radius 3 is 2.66 bits per heavy atom. The molecule has 5 nitrogen and oxygen atoms in total. The standard InChI is InChI=1S/C24H35N5/c1-3-25-24(27-16-14-23-9-4-6-15-26-23)28-18-21-10-12-22(13-11-21)19-29-17-7-5-8-20(29)2/h4,6,9-13,15,20H,3,5,7-8,14,16-19H2,1-2H3,(H2,25,27,28). The molecule has 0 aliphatic carbocycles. The molecule has 1 aliphatic heterocycles. The summed E-state index contributed by atoms with van der Waals surface area (Å²) in [5.74, 6) is 0.856. The van der Waals surface area contributed by atoms with Crippen molar-refractivity contribution >= 4 is 5.96 Å². The van der Waals surface area contributed by atoms with Gasteiger partial charge in [-0.1, -0.05) is 36.8 Å². The van der Waals surface area contributed by atoms with Crippen LogP contribution >= 0.6 is 0 Å². The highest BCUT2D eigenvalue weighted by Crippen LogP contribution is 2.19. The third kappa shape index (κ3) is 7.17. The Morgan fingerprint density at radius 2 is 1.93 bits per heavy atom. The van der Waals surface area contributed by atoms with Crippen molar-refractivity contribution in [1.29, 1.82) is 0 Å². The van der Waals surface area contributed by atoms with E-state index in [1.165, 1.54) is 36.9 Å². The van der Waals surface area contributed by atoms with E-state index < -0.39 is 0 Å². The predicted octanol–water partition coefficient (Wildman–Crippen LogP) is 3.75. The smallest absolute Gasteiger partial charge is 0.191 e. The number of rotatable bonds is 8. The van der Waals surface area contributed by atoms with Crippen LogP contribution in [0.2, 0.25) is 0 Å². The molecule has 1 atom stereocenters. The molecule has 1 saturated heterocycles. The Hall–Kier alpha value is -2.40. The van der Waals surface area contributed by atoms with Gasteiger partial charge in [-0.2, -0.15) is 0 Å². The van der Waals surface area contributed by atoms with Crippen LogP contribution in [-0.4, -0.2) is 41.5 Å². The molecule has 0 radical (unpaired) electrons. The number of pyridine rings is 1. The Balaban J connectivity index is 1.49. The van der Waals surface area contributed by atoms with Gasteiger partial charge in [0.1, 0.15) is 0 Å². The molecule has 1 fully saturated rings. The number of hydrogen-bond donors (Lipinski definition) is 2. The van der Waals surface area contributed by atoms with Crippen molar-refractivity contribution in [2.45, 2.75) is 58.7 Å². The average molecular weight is 394 g/mol. The third-order valence-electron chi connectivity index (χ3n) is 5.51. The summed E-state index contributed by atoms with van der Waals surface area (Å²) < 4.78 is 0. The summed E-state index contributed by atoms with van der Waals surface area (Å²) in [7, 11) is 0. The quantitative estimate of drug-likeness (QED) is 0.530. The van der Waals surface area contributed by atoms with Crippen LogP contribution in [0.3, 0.4) is 0 Å². The lowest BCUT2D eigenvalue weighted by atomic mass is 10.0. The van der Waals surface area contributed by atoms with Gasteiger partial charge in [0.15, 0.2) is 5.96 Å². The van der Waals surface area contributed by atoms with Crippen molar-refractivity contribution in [3.05, 3.63) is 65.5 Å². The van der Waals surface area contributed by atoms with Gasteiger partial charge in [-0.3, -0.25) is 9.88 Å². The van der Waals surface area contributed by atoms with Gasteiger partial charge in [0.25, 0.3) is 0 Å². The van der Waals surface area contributed by atoms with Crippen molar-refractivity contribution < 1.29 is 0 Å². The van der Waals surface area contributed by atoms with Crippen LogP contribution in [0.15, 0.2) is 53.7 Å². The zero-order valence-corrected chi connectivity index (χ0v) is 17.9. The van der Waals surface area contributed by atoms with Crippen LogP contribution in [0.5, 0.6) is 0 Å². The second-order valence-corrected chi connectivity index (χ2v) is 7.82. The lowest BCUT2D eigenvalue weighted by Crippen LogP contribution is -2.38. The molecule has 2 aromatic rings. The van der Waals surface area contributed by atoms with Gasteiger partial charge in [0.2, 0.25) is 0 Å². The number of benzene rings is 1. The van der Waals surface area contributed by atoms with Crippen LogP contribution in [-0.2, 0) is 19.5 Å². The maximum absolute atomic E-state index is 4.74. The molecule has 5 heteroatoms. The fourth-order valence-corrected chi connectivity index (χ4v) is 3.74. The molecule has 1 aromatic heterocycles. The van der Waals surface area contributed by atoms with Crippen molar-refractivity contribution in [2.24, 2.45) is 4.99 Å². The molecule has 156 valence electrons. The number of aliphatic imine (C=N–C) groups is 1. The van der Waals surface area contributed by atoms with Gasteiger partial charge in [-0.05, 0) is 56.5 Å². The monoisotopic (exact) mass is 393 g/mol. The SMILES string of the molecule is CCNC(=NCc1ccc(CN2CCCCC2C)cc1)NCCc1ccccn1. The molecule has 3 rings (SSSR count). The van der Waals surface area contributed by atoms with Gasteiger partial charge < -0.3 is 10.6 Å². The Labute approximate surface area is 175 Å². The largest absolute Gasteiger partial charge is 0.357 e. The number of guanidine groups is 1. The summed E-state index contributed by atoms with van der Waals surface area (Å²) in [4.78, 5) is 11.7. The normalized spacial score (nSPS) is 17.9. The van der Waals surface area contributed by atoms with E-state index in [4.69, 9.17) is 4.99 Å². The van der Waals surface area contributed by atoms with Gasteiger partial charge in [-0.15, -0.1) is 0 Å². The number of likely N-dealkylation sites (tertiary alicyclic amines) is 1. The molecular weight excluding hydrogens is 358 g/mol. The summed E-state index contributed by atoms with van der Waals surface area (Å²) >= 11 is 0. The third-order valence-corrected chi connectivity index (χ3v) is 5.51. The minimum absolute atomic E-state index is 0.680. The van der Waals surface area contributed by atoms with Gasteiger partial charge >= 0.3 is 0 Å². The summed E-state index contributed by atoms with van der Waals surface area (Å²) in [6.45, 7) is 9.07. The highest BCUT2D eigenvalue weighted by atomic mass is 15.2. The van der Waals surface area contributed by atoms with Crippen molar-refractivity contribution in [1.82, 2.24) is 20.5 Å². The first-order valence-electron chi connectivity index (χ1n) is 11.0. The first kappa shape index (κ1) is 21.3. The molecular formula is C24H35N5. The molecule has 1 aliphatic rings. The Morgan fingerprint density at radius 1 is 1.10 bits per heavy atom. The van der Waals surface area contributed by atoms with Crippen LogP contribution in [0.1, 0.15) is 49.9 Å². The maximum atomic E-state index is 4.74. The lowest BCUT2D eigenvalue weighted by Gasteiger charge is -2.33. The summed E-state index contributed by atoms with van der Waals surface area (Å²) in [5, 5.41) is 6.72. The van der Waals surface area contributed by atoms with Crippen molar-refractivity contribution in [2.75, 3.05) is 19.6 Å². The van der Waals surface area contributed by atoms with Crippen LogP contribution in [0.25, 0.3) is 0 Å². The minimum atomic E-state index is 0.680. The first-order valence-corrected chi connectivity index (χ1v) is 11.0. The first-order chi connectivity index (χ1) is 14.2. The van der Waals surface area contributed by atoms with E-state index >= 15 is 0 Å². The van der Waals surface area contributed by atoms with Crippen molar-refractivity contribution in [3.63, 3.8) is 0 Å². The molecule has 0 saturated carbocycles. The zero-order chi connectivity index (χ0) is 20.3. The Bertz CT molecular complexity index is 742. The molecule has 0 amide bonds. The maximum Gasteiger partial charge on any atom is 0.191 e. The van der Waals surface area contributed by atoms with E-state index in [2.05, 4.69) is 64.7 Å². The Kier molecular flexibility index (Phi) is 8.50. The fourth-order valence-electron chi connectivity index (χ4n) is 3.74. The van der Waals surface area contributed by atoms with E-state index in [1.807, 2.05) is 18.3 Å². The van der Waals surface area contributed by atoms with Crippen LogP contribution in [0, 0.1) is 0 Å². The molecule has 29 heavy (non-hydrogen) atoms. The molecule has 0 bridgehead atoms. The number of piperidine rings is 1. The molecule has 1 unspecified atom stereocenters. The van der Waals surface area contributed by atoms with E-state index in [0.29, 0.717) is 12.6 Å². The highest BCUT2D eigenvalue weighted by molar-refractivity contribution is 5.79. The minimum Gasteiger partial charge on any atom is -0.357 e. The summed E-state index contributed by atoms with van der Waals surface area (Å²) in [5.41, 5.74) is 3.73. The molecule has 2 N–H and O–H groups in total. The summed E-state index contributed by atoms with van der Waals surface area (Å²) in [6, 6.07) is 15.7. The average Bonchev–Trinajstić information content (AvgIpc) is 2.75. The van der Waals surface area contributed by atoms with E-state index in [1.54, 1.807) is 0 Å². The second-order valence-electron chi connectivity index (χ2n) is 7.82. The number of aromatic nitrogens is 1. The predicted molar refractivity (Wildman–Crippen MR) is 121 cm³/mol. The van der Waals surface area contributed by atoms with E-state index in [-0.39, 0.29) is 0 Å². The van der Waals surface area contributed by atoms with Crippen LogP contribution < -0.4 is 10.6 Å². The van der Waals surface area contributed by atoms with Gasteiger partial charge in [-0.25, -0.2) is 4.99 Å². The lowest BCUT2D eigenvalue weighted by molar-refractivity contribution is 0.152. The van der Waals surface area contributed by atoms with Crippen LogP contribution in [0.4, 0.5) is 0 Å². The van der Waals surface area contributed by atoms with E-state index in [0.717, 1.165) is 37.7 Å². The zero-order valence-electron chi connectivity index (χ0n) is 17.9. The number of nitrogens with one attached hydrogen (secondary N) is 2. The van der Waals surface area contributed by atoms with Gasteiger partial charge in [0.05, 0.1) is 6.54 Å². The van der Waals surface area contributed by atoms with Gasteiger partial charge in [0, 0.05) is 44.0 Å². The molecule has 2 heterocycles. The fraction of sp³-hybridized carbons (Fsp3) is 0.500. The second kappa shape index (κ2) is 11.6. The molecule has 1 aromatic carbocycles. The molecule has 0 spiro atoms. The number of hydrogen-bond acceptors (Lipinski definition) is 3. The summed E-state index contributed by atoms with van der Waals surface area (Å²) in [6.07, 6.45) is 6.75. The number of nitrogens with zero attached hydrogens (tertiary/aromatic N) is 3.